The van der Waals surface area contributed by atoms with Crippen molar-refractivity contribution in [2.75, 3.05) is 5.73 Å². The van der Waals surface area contributed by atoms with Gasteiger partial charge in [0.2, 0.25) is 0 Å². The van der Waals surface area contributed by atoms with Crippen molar-refractivity contribution in [2.24, 2.45) is 0 Å². The summed E-state index contributed by atoms with van der Waals surface area (Å²) < 4.78 is 4.18. The lowest BCUT2D eigenvalue weighted by Crippen LogP contribution is -2.41. The first-order valence-electron chi connectivity index (χ1n) is 6.54. The van der Waals surface area contributed by atoms with E-state index >= 15 is 0 Å². The molecular formula is C12H18N6O2. The fourth-order valence-corrected chi connectivity index (χ4v) is 2.03. The quantitative estimate of drug-likeness (QED) is 0.806. The molecular weight excluding hydrogens is 260 g/mol. The van der Waals surface area contributed by atoms with Crippen LogP contribution >= 0.6 is 0 Å². The van der Waals surface area contributed by atoms with Gasteiger partial charge in [0.25, 0.3) is 5.56 Å². The second-order valence-corrected chi connectivity index (χ2v) is 4.44. The molecule has 0 unspecified atom stereocenters. The van der Waals surface area contributed by atoms with Gasteiger partial charge in [-0.25, -0.2) is 14.5 Å². The number of anilines is 1. The number of aromatic nitrogens is 5. The van der Waals surface area contributed by atoms with E-state index in [0.717, 1.165) is 11.0 Å². The predicted molar refractivity (Wildman–Crippen MR) is 74.5 cm³/mol. The summed E-state index contributed by atoms with van der Waals surface area (Å²) in [5.74, 6) is 0.556. The van der Waals surface area contributed by atoms with Crippen LogP contribution in [0.1, 0.15) is 26.1 Å². The molecule has 0 aliphatic heterocycles. The van der Waals surface area contributed by atoms with Crippen molar-refractivity contribution in [3.63, 3.8) is 0 Å². The molecule has 8 nitrogen and oxygen atoms in total. The summed E-state index contributed by atoms with van der Waals surface area (Å²) in [6, 6.07) is 0. The van der Waals surface area contributed by atoms with E-state index in [1.807, 2.05) is 13.8 Å². The second kappa shape index (κ2) is 5.72. The Kier molecular flexibility index (Phi) is 4.02. The number of nitrogen functional groups attached to an aromatic ring is 1. The molecule has 0 aliphatic carbocycles. The van der Waals surface area contributed by atoms with E-state index in [1.54, 1.807) is 4.68 Å². The number of hydrogen-bond donors (Lipinski definition) is 1. The highest BCUT2D eigenvalue weighted by molar-refractivity contribution is 5.31. The Morgan fingerprint density at radius 3 is 2.70 bits per heavy atom. The van der Waals surface area contributed by atoms with Crippen molar-refractivity contribution in [2.45, 2.75) is 39.9 Å². The van der Waals surface area contributed by atoms with Gasteiger partial charge in [-0.1, -0.05) is 6.92 Å². The highest BCUT2D eigenvalue weighted by atomic mass is 16.2. The van der Waals surface area contributed by atoms with Gasteiger partial charge >= 0.3 is 5.69 Å². The minimum absolute atomic E-state index is 0.0561. The molecule has 0 saturated heterocycles. The van der Waals surface area contributed by atoms with Crippen LogP contribution in [0.5, 0.6) is 0 Å². The van der Waals surface area contributed by atoms with Gasteiger partial charge in [0.05, 0.1) is 6.54 Å². The van der Waals surface area contributed by atoms with Crippen LogP contribution < -0.4 is 17.0 Å². The molecule has 2 N–H and O–H groups in total. The predicted octanol–water partition coefficient (Wildman–Crippen LogP) is -0.338. The van der Waals surface area contributed by atoms with Crippen molar-refractivity contribution in [3.8, 4) is 0 Å². The zero-order valence-corrected chi connectivity index (χ0v) is 11.6. The smallest absolute Gasteiger partial charge is 0.331 e. The third kappa shape index (κ3) is 2.49. The standard InChI is InChI=1S/C12H18N6O2/c1-3-5-16-6-9(13)11(19)17(12(16)20)7-10-14-8-15-18(10)4-2/h6,8H,3-5,7,13H2,1-2H3. The first-order chi connectivity index (χ1) is 9.58. The maximum absolute atomic E-state index is 12.3. The van der Waals surface area contributed by atoms with Crippen molar-refractivity contribution >= 4 is 5.69 Å². The third-order valence-corrected chi connectivity index (χ3v) is 3.02. The van der Waals surface area contributed by atoms with Crippen LogP contribution in [0.2, 0.25) is 0 Å². The Balaban J connectivity index is 2.51. The monoisotopic (exact) mass is 278 g/mol. The molecule has 8 heteroatoms. The summed E-state index contributed by atoms with van der Waals surface area (Å²) in [6.45, 7) is 5.07. The van der Waals surface area contributed by atoms with E-state index in [1.165, 1.54) is 17.1 Å². The average Bonchev–Trinajstić information content (AvgIpc) is 2.88. The Hall–Kier alpha value is -2.38. The summed E-state index contributed by atoms with van der Waals surface area (Å²) >= 11 is 0. The van der Waals surface area contributed by atoms with E-state index in [2.05, 4.69) is 10.1 Å². The van der Waals surface area contributed by atoms with Crippen LogP contribution in [0.3, 0.4) is 0 Å². The largest absolute Gasteiger partial charge is 0.393 e. The van der Waals surface area contributed by atoms with Crippen LogP contribution in [0.25, 0.3) is 0 Å². The van der Waals surface area contributed by atoms with E-state index in [4.69, 9.17) is 5.73 Å². The number of aryl methyl sites for hydroxylation is 2. The molecule has 2 rings (SSSR count). The van der Waals surface area contributed by atoms with Gasteiger partial charge in [0.1, 0.15) is 17.8 Å². The third-order valence-electron chi connectivity index (χ3n) is 3.02. The Bertz CT molecular complexity index is 711. The summed E-state index contributed by atoms with van der Waals surface area (Å²) in [5, 5.41) is 4.02. The van der Waals surface area contributed by atoms with Gasteiger partial charge < -0.3 is 5.73 Å². The van der Waals surface area contributed by atoms with E-state index in [-0.39, 0.29) is 17.9 Å². The topological polar surface area (TPSA) is 101 Å². The summed E-state index contributed by atoms with van der Waals surface area (Å²) in [4.78, 5) is 28.4. The van der Waals surface area contributed by atoms with Crippen LogP contribution in [0, 0.1) is 0 Å². The lowest BCUT2D eigenvalue weighted by atomic mass is 10.4. The molecule has 2 aromatic rings. The fraction of sp³-hybridized carbons (Fsp3) is 0.500. The average molecular weight is 278 g/mol. The molecule has 0 aliphatic rings. The van der Waals surface area contributed by atoms with Crippen molar-refractivity contribution in [1.82, 2.24) is 23.9 Å². The van der Waals surface area contributed by atoms with Crippen LogP contribution in [-0.4, -0.2) is 23.9 Å². The number of nitrogens with zero attached hydrogens (tertiary/aromatic N) is 5. The Labute approximate surface area is 115 Å². The second-order valence-electron chi connectivity index (χ2n) is 4.44. The molecule has 0 aromatic carbocycles. The Morgan fingerprint density at radius 2 is 2.05 bits per heavy atom. The molecule has 2 heterocycles. The molecule has 0 amide bonds. The summed E-state index contributed by atoms with van der Waals surface area (Å²) in [7, 11) is 0. The molecule has 0 saturated carbocycles. The normalized spacial score (nSPS) is 10.9. The van der Waals surface area contributed by atoms with Crippen LogP contribution in [0.4, 0.5) is 5.69 Å². The lowest BCUT2D eigenvalue weighted by Gasteiger charge is -2.10. The van der Waals surface area contributed by atoms with Crippen LogP contribution in [-0.2, 0) is 19.6 Å². The SMILES string of the molecule is CCCn1cc(N)c(=O)n(Cc2ncnn2CC)c1=O. The number of rotatable bonds is 5. The summed E-state index contributed by atoms with van der Waals surface area (Å²) in [6.07, 6.45) is 3.58. The van der Waals surface area contributed by atoms with Gasteiger partial charge in [-0.2, -0.15) is 5.10 Å². The van der Waals surface area contributed by atoms with Crippen molar-refractivity contribution in [1.29, 1.82) is 0 Å². The molecule has 108 valence electrons. The maximum atomic E-state index is 12.3. The number of hydrogen-bond acceptors (Lipinski definition) is 5. The highest BCUT2D eigenvalue weighted by Gasteiger charge is 2.12. The lowest BCUT2D eigenvalue weighted by molar-refractivity contribution is 0.538. The molecule has 20 heavy (non-hydrogen) atoms. The highest BCUT2D eigenvalue weighted by Crippen LogP contribution is 1.97. The molecule has 0 radical (unpaired) electrons. The van der Waals surface area contributed by atoms with E-state index < -0.39 is 5.56 Å². The summed E-state index contributed by atoms with van der Waals surface area (Å²) in [5.41, 5.74) is 4.87. The minimum Gasteiger partial charge on any atom is -0.393 e. The van der Waals surface area contributed by atoms with Crippen molar-refractivity contribution in [3.05, 3.63) is 39.2 Å². The zero-order chi connectivity index (χ0) is 14.7. The van der Waals surface area contributed by atoms with Crippen molar-refractivity contribution < 1.29 is 0 Å². The fourth-order valence-electron chi connectivity index (χ4n) is 2.03. The molecule has 0 atom stereocenters. The van der Waals surface area contributed by atoms with Gasteiger partial charge in [0.15, 0.2) is 0 Å². The van der Waals surface area contributed by atoms with Gasteiger partial charge in [-0.3, -0.25) is 13.9 Å². The molecule has 0 fully saturated rings. The maximum Gasteiger partial charge on any atom is 0.331 e. The number of nitrogens with two attached hydrogens (primary N) is 1. The zero-order valence-electron chi connectivity index (χ0n) is 11.6. The first-order valence-corrected chi connectivity index (χ1v) is 6.54. The van der Waals surface area contributed by atoms with Gasteiger partial charge in [0, 0.05) is 19.3 Å². The first kappa shape index (κ1) is 14.0. The minimum atomic E-state index is -0.493. The molecule has 0 bridgehead atoms. The van der Waals surface area contributed by atoms with Gasteiger partial charge in [-0.05, 0) is 13.3 Å². The molecule has 2 aromatic heterocycles. The van der Waals surface area contributed by atoms with Gasteiger partial charge in [-0.15, -0.1) is 0 Å². The van der Waals surface area contributed by atoms with Crippen LogP contribution in [0.15, 0.2) is 22.1 Å². The van der Waals surface area contributed by atoms with E-state index in [0.29, 0.717) is 18.9 Å². The van der Waals surface area contributed by atoms with E-state index in [9.17, 15) is 9.59 Å². The molecule has 0 spiro atoms. The Morgan fingerprint density at radius 1 is 1.30 bits per heavy atom.